The molecule has 2 unspecified atom stereocenters. The number of ether oxygens (including phenoxy) is 2. The molecule has 1 amide bonds. The molecule has 118 valence electrons. The molecule has 0 aliphatic heterocycles. The highest BCUT2D eigenvalue weighted by molar-refractivity contribution is 5.84. The molecule has 1 rings (SSSR count). The Morgan fingerprint density at radius 2 is 2.19 bits per heavy atom. The zero-order valence-corrected chi connectivity index (χ0v) is 13.3. The quantitative estimate of drug-likeness (QED) is 0.729. The Balaban J connectivity index is 2.69. The Hall–Kier alpha value is -1.59. The Bertz CT molecular complexity index is 465. The van der Waals surface area contributed by atoms with E-state index >= 15 is 0 Å². The van der Waals surface area contributed by atoms with Crippen LogP contribution in [0.5, 0.6) is 5.75 Å². The Kier molecular flexibility index (Phi) is 6.65. The fourth-order valence-corrected chi connectivity index (χ4v) is 2.37. The molecule has 5 heteroatoms. The van der Waals surface area contributed by atoms with Crippen LogP contribution in [-0.4, -0.2) is 31.2 Å². The third-order valence-corrected chi connectivity index (χ3v) is 3.35. The van der Waals surface area contributed by atoms with E-state index < -0.39 is 5.54 Å². The van der Waals surface area contributed by atoms with E-state index in [9.17, 15) is 4.79 Å². The number of benzene rings is 1. The minimum Gasteiger partial charge on any atom is -0.491 e. The third-order valence-electron chi connectivity index (χ3n) is 3.35. The first-order valence-electron chi connectivity index (χ1n) is 7.20. The SMILES string of the molecule is CCNC(C)(CC(C)Oc1cccc(COC)c1)C(N)=O. The molecule has 0 spiro atoms. The summed E-state index contributed by atoms with van der Waals surface area (Å²) in [5, 5.41) is 3.13. The van der Waals surface area contributed by atoms with Crippen molar-refractivity contribution >= 4 is 5.91 Å². The minimum atomic E-state index is -0.766. The van der Waals surface area contributed by atoms with Crippen LogP contribution in [0, 0.1) is 0 Å². The van der Waals surface area contributed by atoms with Gasteiger partial charge in [0.1, 0.15) is 5.75 Å². The van der Waals surface area contributed by atoms with E-state index in [1.165, 1.54) is 0 Å². The second-order valence-electron chi connectivity index (χ2n) is 5.44. The minimum absolute atomic E-state index is 0.139. The summed E-state index contributed by atoms with van der Waals surface area (Å²) >= 11 is 0. The lowest BCUT2D eigenvalue weighted by Crippen LogP contribution is -2.55. The molecule has 0 saturated carbocycles. The molecule has 0 radical (unpaired) electrons. The number of amides is 1. The fraction of sp³-hybridized carbons (Fsp3) is 0.562. The number of primary amides is 1. The molecular formula is C16H26N2O3. The van der Waals surface area contributed by atoms with Crippen molar-refractivity contribution in [2.24, 2.45) is 5.73 Å². The van der Waals surface area contributed by atoms with E-state index in [4.69, 9.17) is 15.2 Å². The van der Waals surface area contributed by atoms with Crippen molar-refractivity contribution in [1.29, 1.82) is 0 Å². The second-order valence-corrected chi connectivity index (χ2v) is 5.44. The van der Waals surface area contributed by atoms with Gasteiger partial charge >= 0.3 is 0 Å². The summed E-state index contributed by atoms with van der Waals surface area (Å²) in [5.74, 6) is 0.397. The highest BCUT2D eigenvalue weighted by Crippen LogP contribution is 2.20. The zero-order chi connectivity index (χ0) is 15.9. The van der Waals surface area contributed by atoms with Crippen LogP contribution >= 0.6 is 0 Å². The number of methoxy groups -OCH3 is 1. The molecular weight excluding hydrogens is 268 g/mol. The molecule has 0 bridgehead atoms. The number of hydrogen-bond donors (Lipinski definition) is 2. The molecule has 0 fully saturated rings. The van der Waals surface area contributed by atoms with Crippen molar-refractivity contribution < 1.29 is 14.3 Å². The van der Waals surface area contributed by atoms with Crippen molar-refractivity contribution in [2.45, 2.75) is 45.4 Å². The van der Waals surface area contributed by atoms with Gasteiger partial charge in [0.2, 0.25) is 5.91 Å². The summed E-state index contributed by atoms with van der Waals surface area (Å²) in [5.41, 5.74) is 5.77. The van der Waals surface area contributed by atoms with Crippen LogP contribution in [0.3, 0.4) is 0 Å². The number of nitrogens with one attached hydrogen (secondary N) is 1. The lowest BCUT2D eigenvalue weighted by atomic mass is 9.94. The number of rotatable bonds is 9. The van der Waals surface area contributed by atoms with Crippen LogP contribution in [0.2, 0.25) is 0 Å². The zero-order valence-electron chi connectivity index (χ0n) is 13.3. The van der Waals surface area contributed by atoms with Crippen LogP contribution in [0.1, 0.15) is 32.8 Å². The lowest BCUT2D eigenvalue weighted by molar-refractivity contribution is -0.124. The van der Waals surface area contributed by atoms with Gasteiger partial charge in [0, 0.05) is 13.5 Å². The maximum Gasteiger partial charge on any atom is 0.237 e. The summed E-state index contributed by atoms with van der Waals surface area (Å²) in [6.45, 7) is 6.90. The van der Waals surface area contributed by atoms with Gasteiger partial charge in [-0.2, -0.15) is 0 Å². The molecule has 21 heavy (non-hydrogen) atoms. The maximum atomic E-state index is 11.6. The first-order chi connectivity index (χ1) is 9.91. The van der Waals surface area contributed by atoms with E-state index in [2.05, 4.69) is 5.32 Å². The number of carbonyl (C=O) groups is 1. The van der Waals surface area contributed by atoms with Crippen molar-refractivity contribution in [1.82, 2.24) is 5.32 Å². The molecule has 1 aromatic carbocycles. The second kappa shape index (κ2) is 8.00. The first-order valence-corrected chi connectivity index (χ1v) is 7.20. The van der Waals surface area contributed by atoms with Crippen LogP contribution in [0.15, 0.2) is 24.3 Å². The van der Waals surface area contributed by atoms with Crippen molar-refractivity contribution in [3.63, 3.8) is 0 Å². The number of nitrogens with two attached hydrogens (primary N) is 1. The number of carbonyl (C=O) groups excluding carboxylic acids is 1. The standard InChI is InChI=1S/C16H26N2O3/c1-5-18-16(3,15(17)19)10-12(2)21-14-8-6-7-13(9-14)11-20-4/h6-9,12,18H,5,10-11H2,1-4H3,(H2,17,19). The van der Waals surface area contributed by atoms with Gasteiger partial charge in [-0.1, -0.05) is 19.1 Å². The highest BCUT2D eigenvalue weighted by Gasteiger charge is 2.32. The molecule has 0 aliphatic rings. The number of hydrogen-bond acceptors (Lipinski definition) is 4. The maximum absolute atomic E-state index is 11.6. The van der Waals surface area contributed by atoms with Crippen molar-refractivity contribution in [3.8, 4) is 5.75 Å². The van der Waals surface area contributed by atoms with Gasteiger partial charge in [-0.05, 0) is 38.1 Å². The topological polar surface area (TPSA) is 73.6 Å². The van der Waals surface area contributed by atoms with E-state index in [0.29, 0.717) is 19.6 Å². The normalized spacial score (nSPS) is 15.2. The summed E-state index contributed by atoms with van der Waals surface area (Å²) in [6.07, 6.45) is 0.365. The lowest BCUT2D eigenvalue weighted by Gasteiger charge is -2.30. The molecule has 2 atom stereocenters. The van der Waals surface area contributed by atoms with Crippen molar-refractivity contribution in [2.75, 3.05) is 13.7 Å². The molecule has 0 aromatic heterocycles. The van der Waals surface area contributed by atoms with Gasteiger partial charge in [0.25, 0.3) is 0 Å². The molecule has 0 saturated heterocycles. The molecule has 0 aliphatic carbocycles. The Labute approximate surface area is 126 Å². The van der Waals surface area contributed by atoms with E-state index in [-0.39, 0.29) is 12.0 Å². The van der Waals surface area contributed by atoms with Crippen LogP contribution in [-0.2, 0) is 16.1 Å². The van der Waals surface area contributed by atoms with E-state index in [0.717, 1.165) is 11.3 Å². The molecule has 5 nitrogen and oxygen atoms in total. The fourth-order valence-electron chi connectivity index (χ4n) is 2.37. The summed E-state index contributed by atoms with van der Waals surface area (Å²) in [4.78, 5) is 11.6. The highest BCUT2D eigenvalue weighted by atomic mass is 16.5. The van der Waals surface area contributed by atoms with Crippen molar-refractivity contribution in [3.05, 3.63) is 29.8 Å². The largest absolute Gasteiger partial charge is 0.491 e. The van der Waals surface area contributed by atoms with E-state index in [1.54, 1.807) is 14.0 Å². The van der Waals surface area contributed by atoms with Gasteiger partial charge in [-0.25, -0.2) is 0 Å². The van der Waals surface area contributed by atoms with E-state index in [1.807, 2.05) is 38.1 Å². The Morgan fingerprint density at radius 1 is 1.48 bits per heavy atom. The molecule has 3 N–H and O–H groups in total. The summed E-state index contributed by atoms with van der Waals surface area (Å²) < 4.78 is 11.0. The van der Waals surface area contributed by atoms with Gasteiger partial charge in [0.05, 0.1) is 18.2 Å². The van der Waals surface area contributed by atoms with Crippen LogP contribution < -0.4 is 15.8 Å². The average molecular weight is 294 g/mol. The predicted octanol–water partition coefficient (Wildman–Crippen LogP) is 1.84. The van der Waals surface area contributed by atoms with Gasteiger partial charge in [0.15, 0.2) is 0 Å². The summed E-state index contributed by atoms with van der Waals surface area (Å²) in [6, 6.07) is 7.74. The predicted molar refractivity (Wildman–Crippen MR) is 83.1 cm³/mol. The monoisotopic (exact) mass is 294 g/mol. The molecule has 0 heterocycles. The smallest absolute Gasteiger partial charge is 0.237 e. The van der Waals surface area contributed by atoms with Crippen LogP contribution in [0.4, 0.5) is 0 Å². The number of likely N-dealkylation sites (N-methyl/N-ethyl adjacent to an activating group) is 1. The molecule has 1 aromatic rings. The van der Waals surface area contributed by atoms with Gasteiger partial charge in [-0.3, -0.25) is 4.79 Å². The van der Waals surface area contributed by atoms with Crippen LogP contribution in [0.25, 0.3) is 0 Å². The average Bonchev–Trinajstić information content (AvgIpc) is 2.39. The Morgan fingerprint density at radius 3 is 2.76 bits per heavy atom. The summed E-state index contributed by atoms with van der Waals surface area (Å²) in [7, 11) is 1.66. The van der Waals surface area contributed by atoms with Gasteiger partial charge in [-0.15, -0.1) is 0 Å². The van der Waals surface area contributed by atoms with Gasteiger partial charge < -0.3 is 20.5 Å². The third kappa shape index (κ3) is 5.36. The first kappa shape index (κ1) is 17.5.